The lowest BCUT2D eigenvalue weighted by atomic mass is 10.1. The number of aromatic nitrogens is 1. The standard InChI is InChI=1S/C12H7ClF3N3O/c13-10-6(4-17)1-2-8-7(10)3-9(11(18)20)19(8)5-12(14,15)16/h1-3H,5H2,(H2,18,20). The van der Waals surface area contributed by atoms with Crippen LogP contribution in [-0.4, -0.2) is 16.7 Å². The maximum atomic E-state index is 12.6. The summed E-state index contributed by atoms with van der Waals surface area (Å²) < 4.78 is 38.5. The first-order chi connectivity index (χ1) is 9.24. The molecule has 0 fully saturated rings. The Hall–Kier alpha value is -2.20. The van der Waals surface area contributed by atoms with E-state index in [0.29, 0.717) is 0 Å². The Balaban J connectivity index is 2.78. The van der Waals surface area contributed by atoms with Crippen molar-refractivity contribution in [1.82, 2.24) is 4.57 Å². The Kier molecular flexibility index (Phi) is 3.36. The lowest BCUT2D eigenvalue weighted by Gasteiger charge is -2.11. The molecule has 1 aromatic heterocycles. The van der Waals surface area contributed by atoms with E-state index in [1.54, 1.807) is 0 Å². The number of fused-ring (bicyclic) bond motifs is 1. The van der Waals surface area contributed by atoms with Gasteiger partial charge in [0.1, 0.15) is 18.3 Å². The SMILES string of the molecule is N#Cc1ccc2c(cc(C(N)=O)n2CC(F)(F)F)c1Cl. The third kappa shape index (κ3) is 2.42. The summed E-state index contributed by atoms with van der Waals surface area (Å²) in [5, 5.41) is 9.01. The number of carbonyl (C=O) groups excluding carboxylic acids is 1. The number of halogens is 4. The van der Waals surface area contributed by atoms with Crippen molar-refractivity contribution in [2.24, 2.45) is 5.73 Å². The first-order valence-corrected chi connectivity index (χ1v) is 5.71. The molecule has 0 bridgehead atoms. The molecule has 8 heteroatoms. The van der Waals surface area contributed by atoms with E-state index in [2.05, 4.69) is 0 Å². The molecule has 2 rings (SSSR count). The summed E-state index contributed by atoms with van der Waals surface area (Å²) in [6.45, 7) is -1.36. The predicted octanol–water partition coefficient (Wildman–Crippen LogP) is 2.83. The Morgan fingerprint density at radius 3 is 2.60 bits per heavy atom. The fourth-order valence-electron chi connectivity index (χ4n) is 1.94. The number of hydrogen-bond donors (Lipinski definition) is 1. The highest BCUT2D eigenvalue weighted by Crippen LogP contribution is 2.32. The number of nitriles is 1. The highest BCUT2D eigenvalue weighted by molar-refractivity contribution is 6.36. The van der Waals surface area contributed by atoms with Gasteiger partial charge in [0.2, 0.25) is 0 Å². The van der Waals surface area contributed by atoms with Crippen molar-refractivity contribution >= 4 is 28.4 Å². The molecule has 0 unspecified atom stereocenters. The van der Waals surface area contributed by atoms with Crippen LogP contribution in [0.3, 0.4) is 0 Å². The van der Waals surface area contributed by atoms with Crippen LogP contribution in [0, 0.1) is 11.3 Å². The predicted molar refractivity (Wildman–Crippen MR) is 66.2 cm³/mol. The molecule has 2 aromatic rings. The Morgan fingerprint density at radius 1 is 1.45 bits per heavy atom. The average Bonchev–Trinajstić information content (AvgIpc) is 2.67. The van der Waals surface area contributed by atoms with Crippen molar-refractivity contribution in [2.45, 2.75) is 12.7 Å². The second kappa shape index (κ2) is 4.72. The number of benzene rings is 1. The van der Waals surface area contributed by atoms with E-state index in [0.717, 1.165) is 10.6 Å². The van der Waals surface area contributed by atoms with Crippen molar-refractivity contribution < 1.29 is 18.0 Å². The van der Waals surface area contributed by atoms with Crippen LogP contribution in [-0.2, 0) is 6.54 Å². The van der Waals surface area contributed by atoms with Crippen molar-refractivity contribution in [3.63, 3.8) is 0 Å². The van der Waals surface area contributed by atoms with E-state index in [-0.39, 0.29) is 27.2 Å². The monoisotopic (exact) mass is 301 g/mol. The number of amides is 1. The molecule has 0 saturated heterocycles. The minimum atomic E-state index is -4.52. The molecule has 0 radical (unpaired) electrons. The molecule has 2 N–H and O–H groups in total. The molecule has 104 valence electrons. The minimum Gasteiger partial charge on any atom is -0.364 e. The van der Waals surface area contributed by atoms with Crippen LogP contribution >= 0.6 is 11.6 Å². The summed E-state index contributed by atoms with van der Waals surface area (Å²) in [6.07, 6.45) is -4.52. The number of nitrogens with zero attached hydrogens (tertiary/aromatic N) is 2. The number of primary amides is 1. The summed E-state index contributed by atoms with van der Waals surface area (Å²) in [6, 6.07) is 5.57. The van der Waals surface area contributed by atoms with Crippen LogP contribution in [0.5, 0.6) is 0 Å². The zero-order chi connectivity index (χ0) is 15.1. The van der Waals surface area contributed by atoms with Crippen molar-refractivity contribution in [1.29, 1.82) is 5.26 Å². The molecule has 0 atom stereocenters. The molecule has 1 aromatic carbocycles. The Labute approximate surface area is 116 Å². The number of nitrogens with two attached hydrogens (primary N) is 1. The number of carbonyl (C=O) groups is 1. The molecule has 0 saturated carbocycles. The Morgan fingerprint density at radius 2 is 2.10 bits per heavy atom. The first-order valence-electron chi connectivity index (χ1n) is 5.33. The van der Waals surface area contributed by atoms with Gasteiger partial charge in [0, 0.05) is 5.39 Å². The second-order valence-electron chi connectivity index (χ2n) is 4.07. The van der Waals surface area contributed by atoms with Crippen LogP contribution < -0.4 is 5.73 Å². The summed E-state index contributed by atoms with van der Waals surface area (Å²) in [4.78, 5) is 11.3. The van der Waals surface area contributed by atoms with Gasteiger partial charge in [-0.15, -0.1) is 0 Å². The first kappa shape index (κ1) is 14.2. The van der Waals surface area contributed by atoms with Crippen LogP contribution in [0.1, 0.15) is 16.1 Å². The fraction of sp³-hybridized carbons (Fsp3) is 0.167. The van der Waals surface area contributed by atoms with Crippen LogP contribution in [0.15, 0.2) is 18.2 Å². The number of rotatable bonds is 2. The van der Waals surface area contributed by atoms with Gasteiger partial charge in [-0.05, 0) is 18.2 Å². The minimum absolute atomic E-state index is 0.00609. The highest BCUT2D eigenvalue weighted by Gasteiger charge is 2.31. The normalized spacial score (nSPS) is 11.6. The molecule has 1 amide bonds. The maximum Gasteiger partial charge on any atom is 0.406 e. The smallest absolute Gasteiger partial charge is 0.364 e. The van der Waals surface area contributed by atoms with E-state index in [9.17, 15) is 18.0 Å². The molecular formula is C12H7ClF3N3O. The summed E-state index contributed by atoms with van der Waals surface area (Å²) in [5.41, 5.74) is 4.98. The van der Waals surface area contributed by atoms with Gasteiger partial charge in [-0.1, -0.05) is 11.6 Å². The zero-order valence-corrected chi connectivity index (χ0v) is 10.6. The molecule has 0 aliphatic heterocycles. The van der Waals surface area contributed by atoms with Gasteiger partial charge in [0.15, 0.2) is 0 Å². The van der Waals surface area contributed by atoms with Crippen molar-refractivity contribution in [2.75, 3.05) is 0 Å². The second-order valence-corrected chi connectivity index (χ2v) is 4.44. The van der Waals surface area contributed by atoms with E-state index < -0.39 is 18.6 Å². The van der Waals surface area contributed by atoms with Crippen LogP contribution in [0.2, 0.25) is 5.02 Å². The lowest BCUT2D eigenvalue weighted by molar-refractivity contribution is -0.140. The third-order valence-electron chi connectivity index (χ3n) is 2.73. The molecule has 0 aliphatic carbocycles. The number of alkyl halides is 3. The Bertz CT molecular complexity index is 743. The lowest BCUT2D eigenvalue weighted by Crippen LogP contribution is -2.23. The molecule has 0 aliphatic rings. The fourth-order valence-corrected chi connectivity index (χ4v) is 2.20. The maximum absolute atomic E-state index is 12.6. The van der Waals surface area contributed by atoms with Gasteiger partial charge >= 0.3 is 6.18 Å². The van der Waals surface area contributed by atoms with Gasteiger partial charge in [-0.25, -0.2) is 0 Å². The van der Waals surface area contributed by atoms with Crippen LogP contribution in [0.4, 0.5) is 13.2 Å². The average molecular weight is 302 g/mol. The van der Waals surface area contributed by atoms with E-state index in [4.69, 9.17) is 22.6 Å². The summed E-state index contributed by atoms with van der Waals surface area (Å²) in [5.74, 6) is -1.000. The summed E-state index contributed by atoms with van der Waals surface area (Å²) in [7, 11) is 0. The van der Waals surface area contributed by atoms with E-state index in [1.165, 1.54) is 12.1 Å². The zero-order valence-electron chi connectivity index (χ0n) is 9.83. The van der Waals surface area contributed by atoms with Crippen molar-refractivity contribution in [3.8, 4) is 6.07 Å². The largest absolute Gasteiger partial charge is 0.406 e. The van der Waals surface area contributed by atoms with Gasteiger partial charge < -0.3 is 10.3 Å². The number of hydrogen-bond acceptors (Lipinski definition) is 2. The van der Waals surface area contributed by atoms with Gasteiger partial charge in [-0.2, -0.15) is 18.4 Å². The molecule has 1 heterocycles. The highest BCUT2D eigenvalue weighted by atomic mass is 35.5. The third-order valence-corrected chi connectivity index (χ3v) is 3.14. The molecule has 20 heavy (non-hydrogen) atoms. The molecule has 0 spiro atoms. The van der Waals surface area contributed by atoms with E-state index >= 15 is 0 Å². The molecule has 4 nitrogen and oxygen atoms in total. The molecular weight excluding hydrogens is 295 g/mol. The van der Waals surface area contributed by atoms with Crippen LogP contribution in [0.25, 0.3) is 10.9 Å². The topological polar surface area (TPSA) is 71.8 Å². The van der Waals surface area contributed by atoms with Crippen molar-refractivity contribution in [3.05, 3.63) is 34.5 Å². The van der Waals surface area contributed by atoms with Gasteiger partial charge in [0.25, 0.3) is 5.91 Å². The summed E-state index contributed by atoms with van der Waals surface area (Å²) >= 11 is 5.93. The van der Waals surface area contributed by atoms with Gasteiger partial charge in [0.05, 0.1) is 16.1 Å². The quantitative estimate of drug-likeness (QED) is 0.926. The van der Waals surface area contributed by atoms with E-state index in [1.807, 2.05) is 6.07 Å². The van der Waals surface area contributed by atoms with Gasteiger partial charge in [-0.3, -0.25) is 4.79 Å².